The Hall–Kier alpha value is -2.36. The van der Waals surface area contributed by atoms with Gasteiger partial charge in [-0.3, -0.25) is 4.79 Å². The van der Waals surface area contributed by atoms with Crippen LogP contribution in [-0.4, -0.2) is 28.4 Å². The first-order valence-corrected chi connectivity index (χ1v) is 9.82. The lowest BCUT2D eigenvalue weighted by molar-refractivity contribution is 0.0752. The number of carbonyl (C=O) groups is 1. The Morgan fingerprint density at radius 2 is 1.81 bits per heavy atom. The molecule has 0 aliphatic heterocycles. The van der Waals surface area contributed by atoms with E-state index in [9.17, 15) is 4.79 Å². The molecule has 4 heteroatoms. The molecule has 1 aromatic heterocycles. The van der Waals surface area contributed by atoms with Crippen molar-refractivity contribution >= 4 is 11.7 Å². The molecule has 1 saturated carbocycles. The highest BCUT2D eigenvalue weighted by atomic mass is 16.2. The summed E-state index contributed by atoms with van der Waals surface area (Å²) < 4.78 is 0. The zero-order valence-corrected chi connectivity index (χ0v) is 15.7. The Balaban J connectivity index is 1.61. The van der Waals surface area contributed by atoms with Crippen LogP contribution < -0.4 is 5.32 Å². The summed E-state index contributed by atoms with van der Waals surface area (Å²) in [6.07, 6.45) is 9.39. The number of carbonyl (C=O) groups excluding carboxylic acids is 1. The van der Waals surface area contributed by atoms with Crippen LogP contribution in [0.25, 0.3) is 0 Å². The molecule has 1 aliphatic carbocycles. The number of pyridine rings is 1. The molecule has 26 heavy (non-hydrogen) atoms. The first kappa shape index (κ1) is 18.4. The number of amides is 1. The third-order valence-electron chi connectivity index (χ3n) is 5.10. The van der Waals surface area contributed by atoms with Crippen molar-refractivity contribution in [3.8, 4) is 0 Å². The quantitative estimate of drug-likeness (QED) is 0.755. The minimum Gasteiger partial charge on any atom is -0.367 e. The van der Waals surface area contributed by atoms with Crippen LogP contribution >= 0.6 is 0 Å². The highest BCUT2D eigenvalue weighted by Gasteiger charge is 2.16. The van der Waals surface area contributed by atoms with Crippen LogP contribution in [-0.2, 0) is 6.54 Å². The molecule has 1 amide bonds. The van der Waals surface area contributed by atoms with Crippen molar-refractivity contribution < 1.29 is 4.79 Å². The third kappa shape index (κ3) is 5.07. The van der Waals surface area contributed by atoms with Gasteiger partial charge in [0.1, 0.15) is 5.82 Å². The number of benzene rings is 1. The molecule has 0 atom stereocenters. The number of hydrogen-bond acceptors (Lipinski definition) is 3. The Labute approximate surface area is 156 Å². The van der Waals surface area contributed by atoms with E-state index >= 15 is 0 Å². The standard InChI is InChI=1S/C22H29N3O/c1-2-25(17-18-10-6-5-7-11-18)22(26)19-14-15-21(23-16-19)24-20-12-8-3-4-9-13-20/h5-7,10-11,14-16,20H,2-4,8-9,12-13,17H2,1H3,(H,23,24). The van der Waals surface area contributed by atoms with Crippen LogP contribution in [0.15, 0.2) is 48.7 Å². The fourth-order valence-corrected chi connectivity index (χ4v) is 3.55. The summed E-state index contributed by atoms with van der Waals surface area (Å²) in [6, 6.07) is 14.4. The normalized spacial score (nSPS) is 15.3. The maximum Gasteiger partial charge on any atom is 0.255 e. The van der Waals surface area contributed by atoms with Gasteiger partial charge in [0, 0.05) is 25.3 Å². The summed E-state index contributed by atoms with van der Waals surface area (Å²) >= 11 is 0. The van der Waals surface area contributed by atoms with Crippen molar-refractivity contribution in [3.63, 3.8) is 0 Å². The maximum absolute atomic E-state index is 12.8. The van der Waals surface area contributed by atoms with Gasteiger partial charge in [-0.1, -0.05) is 56.0 Å². The summed E-state index contributed by atoms with van der Waals surface area (Å²) in [4.78, 5) is 19.1. The number of hydrogen-bond donors (Lipinski definition) is 1. The van der Waals surface area contributed by atoms with Gasteiger partial charge >= 0.3 is 0 Å². The molecule has 0 spiro atoms. The predicted molar refractivity (Wildman–Crippen MR) is 106 cm³/mol. The third-order valence-corrected chi connectivity index (χ3v) is 5.10. The average molecular weight is 351 g/mol. The van der Waals surface area contributed by atoms with Crippen molar-refractivity contribution in [2.24, 2.45) is 0 Å². The van der Waals surface area contributed by atoms with E-state index in [4.69, 9.17) is 0 Å². The van der Waals surface area contributed by atoms with E-state index in [0.29, 0.717) is 24.7 Å². The molecule has 1 heterocycles. The van der Waals surface area contributed by atoms with Crippen LogP contribution in [0.2, 0.25) is 0 Å². The Morgan fingerprint density at radius 3 is 2.42 bits per heavy atom. The SMILES string of the molecule is CCN(Cc1ccccc1)C(=O)c1ccc(NC2CCCCCC2)nc1. The van der Waals surface area contributed by atoms with E-state index in [-0.39, 0.29) is 5.91 Å². The lowest BCUT2D eigenvalue weighted by atomic mass is 10.1. The molecule has 0 radical (unpaired) electrons. The Kier molecular flexibility index (Phi) is 6.64. The Bertz CT molecular complexity index is 676. The molecular weight excluding hydrogens is 322 g/mol. The highest BCUT2D eigenvalue weighted by molar-refractivity contribution is 5.94. The number of nitrogens with one attached hydrogen (secondary N) is 1. The van der Waals surface area contributed by atoms with Crippen LogP contribution in [0.3, 0.4) is 0 Å². The smallest absolute Gasteiger partial charge is 0.255 e. The fraction of sp³-hybridized carbons (Fsp3) is 0.455. The molecule has 0 bridgehead atoms. The summed E-state index contributed by atoms with van der Waals surface area (Å²) in [5.74, 6) is 0.907. The molecule has 4 nitrogen and oxygen atoms in total. The largest absolute Gasteiger partial charge is 0.367 e. The van der Waals surface area contributed by atoms with Gasteiger partial charge in [-0.2, -0.15) is 0 Å². The van der Waals surface area contributed by atoms with E-state index < -0.39 is 0 Å². The van der Waals surface area contributed by atoms with Crippen LogP contribution in [0.1, 0.15) is 61.4 Å². The van der Waals surface area contributed by atoms with Crippen LogP contribution in [0.5, 0.6) is 0 Å². The number of nitrogens with zero attached hydrogens (tertiary/aromatic N) is 2. The zero-order chi connectivity index (χ0) is 18.2. The average Bonchev–Trinajstić information content (AvgIpc) is 2.96. The lowest BCUT2D eigenvalue weighted by Gasteiger charge is -2.21. The van der Waals surface area contributed by atoms with Crippen molar-refractivity contribution in [1.82, 2.24) is 9.88 Å². The van der Waals surface area contributed by atoms with Gasteiger partial charge < -0.3 is 10.2 Å². The molecule has 1 aromatic carbocycles. The van der Waals surface area contributed by atoms with Crippen LogP contribution in [0, 0.1) is 0 Å². The van der Waals surface area contributed by atoms with Gasteiger partial charge in [-0.05, 0) is 37.5 Å². The van der Waals surface area contributed by atoms with Crippen molar-refractivity contribution in [2.75, 3.05) is 11.9 Å². The van der Waals surface area contributed by atoms with Gasteiger partial charge in [-0.25, -0.2) is 4.98 Å². The van der Waals surface area contributed by atoms with E-state index in [1.54, 1.807) is 6.20 Å². The minimum atomic E-state index is 0.0323. The molecule has 138 valence electrons. The molecule has 1 N–H and O–H groups in total. The second-order valence-electron chi connectivity index (χ2n) is 7.07. The summed E-state index contributed by atoms with van der Waals surface area (Å²) in [7, 11) is 0. The number of rotatable bonds is 6. The summed E-state index contributed by atoms with van der Waals surface area (Å²) in [5, 5.41) is 3.53. The second kappa shape index (κ2) is 9.37. The summed E-state index contributed by atoms with van der Waals surface area (Å²) in [6.45, 7) is 3.31. The molecule has 1 aliphatic rings. The predicted octanol–water partition coefficient (Wildman–Crippen LogP) is 4.88. The first-order chi connectivity index (χ1) is 12.8. The minimum absolute atomic E-state index is 0.0323. The second-order valence-corrected chi connectivity index (χ2v) is 7.07. The molecule has 0 saturated heterocycles. The number of anilines is 1. The summed E-state index contributed by atoms with van der Waals surface area (Å²) in [5.41, 5.74) is 1.79. The van der Waals surface area contributed by atoms with Crippen molar-refractivity contribution in [3.05, 3.63) is 59.8 Å². The van der Waals surface area contributed by atoms with Gasteiger partial charge in [0.2, 0.25) is 0 Å². The molecular formula is C22H29N3O. The first-order valence-electron chi connectivity index (χ1n) is 9.82. The molecule has 2 aromatic rings. The fourth-order valence-electron chi connectivity index (χ4n) is 3.55. The van der Waals surface area contributed by atoms with E-state index in [1.807, 2.05) is 54.3 Å². The topological polar surface area (TPSA) is 45.2 Å². The van der Waals surface area contributed by atoms with E-state index in [2.05, 4.69) is 10.3 Å². The van der Waals surface area contributed by atoms with Gasteiger partial charge in [0.05, 0.1) is 5.56 Å². The van der Waals surface area contributed by atoms with Gasteiger partial charge in [0.25, 0.3) is 5.91 Å². The zero-order valence-electron chi connectivity index (χ0n) is 15.7. The van der Waals surface area contributed by atoms with E-state index in [1.165, 1.54) is 38.5 Å². The van der Waals surface area contributed by atoms with E-state index in [0.717, 1.165) is 11.4 Å². The lowest BCUT2D eigenvalue weighted by Crippen LogP contribution is -2.30. The van der Waals surface area contributed by atoms with Gasteiger partial charge in [0.15, 0.2) is 0 Å². The molecule has 3 rings (SSSR count). The monoisotopic (exact) mass is 351 g/mol. The Morgan fingerprint density at radius 1 is 1.08 bits per heavy atom. The highest BCUT2D eigenvalue weighted by Crippen LogP contribution is 2.20. The van der Waals surface area contributed by atoms with Gasteiger partial charge in [-0.15, -0.1) is 0 Å². The van der Waals surface area contributed by atoms with Crippen molar-refractivity contribution in [1.29, 1.82) is 0 Å². The number of aromatic nitrogens is 1. The van der Waals surface area contributed by atoms with Crippen molar-refractivity contribution in [2.45, 2.75) is 58.0 Å². The van der Waals surface area contributed by atoms with Crippen LogP contribution in [0.4, 0.5) is 5.82 Å². The molecule has 0 unspecified atom stereocenters. The molecule has 1 fully saturated rings. The maximum atomic E-state index is 12.8.